The van der Waals surface area contributed by atoms with E-state index in [1.54, 1.807) is 13.8 Å². The first-order valence-corrected chi connectivity index (χ1v) is 1.41. The van der Waals surface area contributed by atoms with Crippen LogP contribution in [-0.2, 0) is 19.5 Å². The summed E-state index contributed by atoms with van der Waals surface area (Å²) in [6.07, 6.45) is 0. The summed E-state index contributed by atoms with van der Waals surface area (Å²) in [7, 11) is 0. The monoisotopic (exact) mass is 280 g/mol. The summed E-state index contributed by atoms with van der Waals surface area (Å²) in [5.74, 6) is 0. The van der Waals surface area contributed by atoms with Crippen LogP contribution in [0.5, 0.6) is 0 Å². The van der Waals surface area contributed by atoms with Crippen LogP contribution in [0.1, 0.15) is 13.8 Å². The van der Waals surface area contributed by atoms with Crippen molar-refractivity contribution >= 4 is 36.3 Å². The Balaban J connectivity index is -0.00000000267. The molecule has 0 N–H and O–H groups in total. The van der Waals surface area contributed by atoms with Crippen LogP contribution in [0.15, 0.2) is 0 Å². The molecule has 3 heteroatoms. The minimum absolute atomic E-state index is 0. The van der Waals surface area contributed by atoms with E-state index in [2.05, 4.69) is 13.8 Å². The summed E-state index contributed by atoms with van der Waals surface area (Å²) in [5, 5.41) is 0. The molecule has 42 valence electrons. The van der Waals surface area contributed by atoms with Gasteiger partial charge in [-0.05, 0) is 0 Å². The fourth-order valence-electron chi connectivity index (χ4n) is 0. The van der Waals surface area contributed by atoms with Crippen molar-refractivity contribution in [1.82, 2.24) is 0 Å². The van der Waals surface area contributed by atoms with E-state index in [0.717, 1.165) is 0 Å². The van der Waals surface area contributed by atoms with Gasteiger partial charge < -0.3 is 13.8 Å². The Morgan fingerprint density at radius 3 is 0.857 bits per heavy atom. The second kappa shape index (κ2) is 119. The molecule has 0 unspecified atom stereocenters. The zero-order valence-electron chi connectivity index (χ0n) is 5.24. The molecule has 0 aromatic rings. The van der Waals surface area contributed by atoms with Gasteiger partial charge in [-0.2, -0.15) is 13.8 Å². The standard InChI is InChI=1S/2C2H5.ClH.Sn.Zn.2H/c2*1-2;;;;;/h2*1H2,2H3;1H;;;;/q2*-1;;;+2;;. The topological polar surface area (TPSA) is 0 Å². The molecule has 0 atom stereocenters. The van der Waals surface area contributed by atoms with Crippen LogP contribution in [0.4, 0.5) is 0 Å². The Labute approximate surface area is 83.0 Å². The third-order valence-electron chi connectivity index (χ3n) is 0. The molecular formula is C4H13ClSnZn. The summed E-state index contributed by atoms with van der Waals surface area (Å²) in [5.41, 5.74) is 0. The number of rotatable bonds is 0. The molecule has 0 aromatic heterocycles. The fourth-order valence-corrected chi connectivity index (χ4v) is 0. The SMILES string of the molecule is Cl.[CH2-]C.[CH2-]C.[SnH2].[Zn+2]. The molecule has 0 nitrogen and oxygen atoms in total. The van der Waals surface area contributed by atoms with Gasteiger partial charge in [0.1, 0.15) is 0 Å². The number of hydrogen-bond acceptors (Lipinski definition) is 0. The Morgan fingerprint density at radius 1 is 0.857 bits per heavy atom. The Hall–Kier alpha value is 1.71. The van der Waals surface area contributed by atoms with Gasteiger partial charge in [0.15, 0.2) is 0 Å². The van der Waals surface area contributed by atoms with Gasteiger partial charge in [0.2, 0.25) is 0 Å². The second-order valence-electron chi connectivity index (χ2n) is 0. The van der Waals surface area contributed by atoms with Gasteiger partial charge in [0.05, 0.1) is 0 Å². The summed E-state index contributed by atoms with van der Waals surface area (Å²) in [6, 6.07) is 0. The molecule has 0 saturated carbocycles. The molecule has 0 aliphatic heterocycles. The van der Waals surface area contributed by atoms with Gasteiger partial charge in [-0.25, -0.2) is 0 Å². The van der Waals surface area contributed by atoms with E-state index in [9.17, 15) is 0 Å². The quantitative estimate of drug-likeness (QED) is 0.462. The summed E-state index contributed by atoms with van der Waals surface area (Å²) < 4.78 is 0. The van der Waals surface area contributed by atoms with Crippen LogP contribution >= 0.6 is 12.4 Å². The van der Waals surface area contributed by atoms with Crippen LogP contribution in [0.3, 0.4) is 0 Å². The molecule has 0 aliphatic rings. The van der Waals surface area contributed by atoms with Gasteiger partial charge in [0.25, 0.3) is 0 Å². The third kappa shape index (κ3) is 85.8. The van der Waals surface area contributed by atoms with E-state index in [-0.39, 0.29) is 55.8 Å². The van der Waals surface area contributed by atoms with Crippen molar-refractivity contribution in [2.75, 3.05) is 0 Å². The second-order valence-corrected chi connectivity index (χ2v) is 0. The molecule has 2 radical (unpaired) electrons. The van der Waals surface area contributed by atoms with Gasteiger partial charge in [0, 0.05) is 0 Å². The zero-order chi connectivity index (χ0) is 4.00. The Kier molecular flexibility index (Phi) is 637. The third-order valence-corrected chi connectivity index (χ3v) is 0. The van der Waals surface area contributed by atoms with Gasteiger partial charge in [-0.1, -0.05) is 0 Å². The van der Waals surface area contributed by atoms with Crippen molar-refractivity contribution < 1.29 is 19.5 Å². The predicted molar refractivity (Wildman–Crippen MR) is 37.9 cm³/mol. The molecule has 0 aromatic carbocycles. The molecule has 0 bridgehead atoms. The van der Waals surface area contributed by atoms with Crippen molar-refractivity contribution in [3.63, 3.8) is 0 Å². The molecule has 7 heavy (non-hydrogen) atoms. The van der Waals surface area contributed by atoms with Crippen molar-refractivity contribution in [2.45, 2.75) is 13.8 Å². The summed E-state index contributed by atoms with van der Waals surface area (Å²) in [4.78, 5) is 0. The van der Waals surface area contributed by atoms with E-state index in [4.69, 9.17) is 0 Å². The average molecular weight is 281 g/mol. The first kappa shape index (κ1) is 37.6. The minimum Gasteiger partial charge on any atom is 2.00 e. The van der Waals surface area contributed by atoms with Gasteiger partial charge in [-0.15, -0.1) is 12.4 Å². The van der Waals surface area contributed by atoms with E-state index in [1.165, 1.54) is 0 Å². The summed E-state index contributed by atoms with van der Waals surface area (Å²) in [6.45, 7) is 10.0. The van der Waals surface area contributed by atoms with Gasteiger partial charge >= 0.3 is 43.4 Å². The first-order valence-electron chi connectivity index (χ1n) is 1.41. The van der Waals surface area contributed by atoms with Crippen LogP contribution in [0.25, 0.3) is 0 Å². The smallest absolute Gasteiger partial charge is 2.00 e. The Bertz CT molecular complexity index is 11.7. The predicted octanol–water partition coefficient (Wildman–Crippen LogP) is 1.18. The van der Waals surface area contributed by atoms with Crippen LogP contribution < -0.4 is 0 Å². The normalized spacial score (nSPS) is 1.71. The zero-order valence-corrected chi connectivity index (χ0v) is 13.1. The van der Waals surface area contributed by atoms with Crippen LogP contribution in [0, 0.1) is 13.8 Å². The largest absolute Gasteiger partial charge is 2.00 e. The van der Waals surface area contributed by atoms with Crippen molar-refractivity contribution in [2.24, 2.45) is 0 Å². The van der Waals surface area contributed by atoms with E-state index < -0.39 is 0 Å². The molecular weight excluding hydrogens is 268 g/mol. The van der Waals surface area contributed by atoms with Crippen molar-refractivity contribution in [1.29, 1.82) is 0 Å². The molecule has 0 heterocycles. The minimum atomic E-state index is 0. The maximum Gasteiger partial charge on any atom is 2.00 e. The van der Waals surface area contributed by atoms with Crippen LogP contribution in [0.2, 0.25) is 0 Å². The molecule has 0 amide bonds. The van der Waals surface area contributed by atoms with Gasteiger partial charge in [-0.3, -0.25) is 0 Å². The summed E-state index contributed by atoms with van der Waals surface area (Å²) >= 11 is 0. The van der Waals surface area contributed by atoms with Crippen molar-refractivity contribution in [3.05, 3.63) is 13.8 Å². The van der Waals surface area contributed by atoms with E-state index >= 15 is 0 Å². The average Bonchev–Trinajstić information content (AvgIpc) is 1.50. The number of halogens is 1. The van der Waals surface area contributed by atoms with E-state index in [0.29, 0.717) is 0 Å². The van der Waals surface area contributed by atoms with Crippen LogP contribution in [-0.4, -0.2) is 23.9 Å². The van der Waals surface area contributed by atoms with E-state index in [1.807, 2.05) is 0 Å². The fraction of sp³-hybridized carbons (Fsp3) is 0.500. The van der Waals surface area contributed by atoms with Crippen molar-refractivity contribution in [3.8, 4) is 0 Å². The molecule has 0 fully saturated rings. The maximum atomic E-state index is 3.25. The first-order chi connectivity index (χ1) is 2.00. The molecule has 0 rings (SSSR count). The number of hydrogen-bond donors (Lipinski definition) is 0. The molecule has 0 saturated heterocycles. The molecule has 0 spiro atoms. The Morgan fingerprint density at radius 2 is 0.857 bits per heavy atom. The molecule has 0 aliphatic carbocycles. The maximum absolute atomic E-state index is 3.25.